The van der Waals surface area contributed by atoms with Gasteiger partial charge >= 0.3 is 0 Å². The molecule has 2 bridgehead atoms. The number of amides is 1. The van der Waals surface area contributed by atoms with Crippen LogP contribution in [0.2, 0.25) is 0 Å². The fourth-order valence-corrected chi connectivity index (χ4v) is 5.66. The molecule has 8 heteroatoms. The molecule has 0 spiro atoms. The molecule has 0 saturated heterocycles. The number of halogens is 2. The van der Waals surface area contributed by atoms with Crippen LogP contribution in [0.5, 0.6) is 0 Å². The number of rotatable bonds is 3. The molecular weight excluding hydrogens is 412 g/mol. The minimum Gasteiger partial charge on any atom is -0.343 e. The Labute approximate surface area is 184 Å². The summed E-state index contributed by atoms with van der Waals surface area (Å²) in [7, 11) is 3.34. The molecule has 2 heterocycles. The van der Waals surface area contributed by atoms with Crippen molar-refractivity contribution in [3.63, 3.8) is 0 Å². The van der Waals surface area contributed by atoms with Gasteiger partial charge in [-0.2, -0.15) is 5.10 Å². The highest BCUT2D eigenvalue weighted by molar-refractivity contribution is 5.91. The van der Waals surface area contributed by atoms with E-state index in [1.54, 1.807) is 26.4 Å². The molecule has 0 unspecified atom stereocenters. The molecule has 0 aliphatic heterocycles. The second-order valence-corrected chi connectivity index (χ2v) is 9.34. The zero-order valence-corrected chi connectivity index (χ0v) is 18.4. The van der Waals surface area contributed by atoms with E-state index in [9.17, 15) is 13.6 Å². The molecule has 164 valence electrons. The summed E-state index contributed by atoms with van der Waals surface area (Å²) in [5.74, 6) is -1.44. The highest BCUT2D eigenvalue weighted by Crippen LogP contribution is 2.69. The second-order valence-electron chi connectivity index (χ2n) is 9.34. The lowest BCUT2D eigenvalue weighted by Gasteiger charge is -2.37. The Morgan fingerprint density at radius 1 is 1.12 bits per heavy atom. The Kier molecular flexibility index (Phi) is 4.41. The van der Waals surface area contributed by atoms with Gasteiger partial charge in [-0.1, -0.05) is 19.9 Å². The number of hydrogen-bond donors (Lipinski definition) is 0. The summed E-state index contributed by atoms with van der Waals surface area (Å²) >= 11 is 0. The van der Waals surface area contributed by atoms with Crippen LogP contribution in [0.25, 0.3) is 11.3 Å². The van der Waals surface area contributed by atoms with E-state index in [0.717, 1.165) is 24.1 Å². The van der Waals surface area contributed by atoms with Crippen molar-refractivity contribution < 1.29 is 13.6 Å². The molecule has 2 atom stereocenters. The maximum atomic E-state index is 14.4. The maximum Gasteiger partial charge on any atom is 0.273 e. The van der Waals surface area contributed by atoms with E-state index in [2.05, 4.69) is 29.0 Å². The molecule has 6 nitrogen and oxygen atoms in total. The fraction of sp³-hybridized carbons (Fsp3) is 0.375. The molecule has 0 N–H and O–H groups in total. The van der Waals surface area contributed by atoms with Crippen molar-refractivity contribution in [2.45, 2.75) is 38.0 Å². The van der Waals surface area contributed by atoms with Gasteiger partial charge in [-0.25, -0.2) is 13.8 Å². The van der Waals surface area contributed by atoms with Gasteiger partial charge in [-0.15, -0.1) is 5.10 Å². The molecule has 3 aromatic rings. The van der Waals surface area contributed by atoms with Crippen LogP contribution in [0, 0.1) is 17.0 Å². The third-order valence-corrected chi connectivity index (χ3v) is 7.30. The minimum atomic E-state index is -0.669. The third kappa shape index (κ3) is 2.58. The van der Waals surface area contributed by atoms with Crippen molar-refractivity contribution in [1.82, 2.24) is 25.1 Å². The Balaban J connectivity index is 1.69. The van der Waals surface area contributed by atoms with Crippen LogP contribution < -0.4 is 0 Å². The average molecular weight is 435 g/mol. The van der Waals surface area contributed by atoms with E-state index in [1.165, 1.54) is 29.3 Å². The number of aromatic nitrogens is 4. The molecule has 1 fully saturated rings. The van der Waals surface area contributed by atoms with Crippen molar-refractivity contribution in [3.05, 3.63) is 70.9 Å². The normalized spacial score (nSPS) is 22.6. The van der Waals surface area contributed by atoms with E-state index < -0.39 is 17.0 Å². The quantitative estimate of drug-likeness (QED) is 0.619. The summed E-state index contributed by atoms with van der Waals surface area (Å²) in [5.41, 5.74) is 1.77. The molecular formula is C24H23F2N5O. The number of hydrogen-bond acceptors (Lipinski definition) is 5. The smallest absolute Gasteiger partial charge is 0.273 e. The average Bonchev–Trinajstić information content (AvgIpc) is 3.14. The molecule has 2 aromatic heterocycles. The molecule has 32 heavy (non-hydrogen) atoms. The lowest BCUT2D eigenvalue weighted by molar-refractivity contribution is 0.0820. The van der Waals surface area contributed by atoms with E-state index in [4.69, 9.17) is 4.98 Å². The van der Waals surface area contributed by atoms with E-state index in [1.807, 2.05) is 0 Å². The van der Waals surface area contributed by atoms with Gasteiger partial charge in [0.15, 0.2) is 0 Å². The van der Waals surface area contributed by atoms with Gasteiger partial charge in [0.25, 0.3) is 5.91 Å². The highest BCUT2D eigenvalue weighted by atomic mass is 19.1. The molecule has 1 aromatic carbocycles. The van der Waals surface area contributed by atoms with Crippen LogP contribution in [0.1, 0.15) is 60.0 Å². The Bertz CT molecular complexity index is 1240. The summed E-state index contributed by atoms with van der Waals surface area (Å²) < 4.78 is 28.8. The van der Waals surface area contributed by atoms with Crippen molar-refractivity contribution in [3.8, 4) is 11.3 Å². The zero-order chi connectivity index (χ0) is 22.8. The Morgan fingerprint density at radius 3 is 2.53 bits per heavy atom. The van der Waals surface area contributed by atoms with Gasteiger partial charge in [0.1, 0.15) is 17.3 Å². The van der Waals surface area contributed by atoms with E-state index in [-0.39, 0.29) is 34.2 Å². The second kappa shape index (κ2) is 6.85. The summed E-state index contributed by atoms with van der Waals surface area (Å²) in [6.45, 7) is 4.30. The topological polar surface area (TPSA) is 71.9 Å². The van der Waals surface area contributed by atoms with Gasteiger partial charge in [0.05, 0.1) is 34.3 Å². The van der Waals surface area contributed by atoms with Crippen LogP contribution >= 0.6 is 0 Å². The molecule has 5 rings (SSSR count). The standard InChI is InChI=1S/C24H23F2N5O/c1-23(2)14-8-9-24(23,19-12-27-11-18(28-19)22(32)31(3)4)21-13(14)10-17(29-30-21)20-15(25)6-5-7-16(20)26/h5-7,10-12,14H,8-9H2,1-4H3/t14-,24-/m0/s1. The highest BCUT2D eigenvalue weighted by Gasteiger charge is 2.65. The SMILES string of the molecule is CN(C)C(=O)c1cncc([C@@]23CC[C@@H](c4cc(-c5c(F)cccc5F)nnc42)C3(C)C)n1. The maximum absolute atomic E-state index is 14.4. The first kappa shape index (κ1) is 20.6. The predicted molar refractivity (Wildman–Crippen MR) is 114 cm³/mol. The minimum absolute atomic E-state index is 0.122. The van der Waals surface area contributed by atoms with Crippen molar-refractivity contribution >= 4 is 5.91 Å². The van der Waals surface area contributed by atoms with Crippen LogP contribution in [0.3, 0.4) is 0 Å². The zero-order valence-electron chi connectivity index (χ0n) is 18.4. The lowest BCUT2D eigenvalue weighted by atomic mass is 9.66. The van der Waals surface area contributed by atoms with Crippen molar-refractivity contribution in [1.29, 1.82) is 0 Å². The largest absolute Gasteiger partial charge is 0.343 e. The summed E-state index contributed by atoms with van der Waals surface area (Å²) in [4.78, 5) is 23.0. The van der Waals surface area contributed by atoms with Gasteiger partial charge in [-0.05, 0) is 47.9 Å². The molecule has 1 saturated carbocycles. The summed E-state index contributed by atoms with van der Waals surface area (Å²) in [5, 5.41) is 8.74. The predicted octanol–water partition coefficient (Wildman–Crippen LogP) is 4.12. The first-order valence-electron chi connectivity index (χ1n) is 10.5. The monoisotopic (exact) mass is 435 g/mol. The van der Waals surface area contributed by atoms with Crippen LogP contribution in [-0.2, 0) is 5.41 Å². The third-order valence-electron chi connectivity index (χ3n) is 7.30. The Morgan fingerprint density at radius 2 is 1.84 bits per heavy atom. The van der Waals surface area contributed by atoms with Gasteiger partial charge in [0.2, 0.25) is 0 Å². The number of carbonyl (C=O) groups excluding carboxylic acids is 1. The number of benzene rings is 1. The fourth-order valence-electron chi connectivity index (χ4n) is 5.66. The van der Waals surface area contributed by atoms with E-state index >= 15 is 0 Å². The molecule has 1 amide bonds. The lowest BCUT2D eigenvalue weighted by Crippen LogP contribution is -2.38. The van der Waals surface area contributed by atoms with Gasteiger partial charge < -0.3 is 4.90 Å². The summed E-state index contributed by atoms with van der Waals surface area (Å²) in [6.07, 6.45) is 4.82. The molecule has 2 aliphatic carbocycles. The first-order chi connectivity index (χ1) is 15.2. The van der Waals surface area contributed by atoms with Crippen LogP contribution in [0.15, 0.2) is 36.7 Å². The first-order valence-corrected chi connectivity index (χ1v) is 10.5. The summed E-state index contributed by atoms with van der Waals surface area (Å²) in [6, 6.07) is 5.52. The molecule has 2 aliphatic rings. The molecule has 0 radical (unpaired) electrons. The van der Waals surface area contributed by atoms with Gasteiger partial charge in [0, 0.05) is 20.3 Å². The number of carbonyl (C=O) groups is 1. The Hall–Kier alpha value is -3.29. The van der Waals surface area contributed by atoms with Crippen LogP contribution in [0.4, 0.5) is 8.78 Å². The van der Waals surface area contributed by atoms with Crippen molar-refractivity contribution in [2.24, 2.45) is 5.41 Å². The van der Waals surface area contributed by atoms with Crippen LogP contribution in [-0.4, -0.2) is 45.1 Å². The van der Waals surface area contributed by atoms with E-state index in [0.29, 0.717) is 5.69 Å². The van der Waals surface area contributed by atoms with Gasteiger partial charge in [-0.3, -0.25) is 9.78 Å². The van der Waals surface area contributed by atoms with Crippen molar-refractivity contribution in [2.75, 3.05) is 14.1 Å². The number of fused-ring (bicyclic) bond motifs is 5. The number of nitrogens with zero attached hydrogens (tertiary/aromatic N) is 5.